The van der Waals surface area contributed by atoms with Crippen molar-refractivity contribution >= 4 is 23.6 Å². The zero-order chi connectivity index (χ0) is 21.6. The van der Waals surface area contributed by atoms with Gasteiger partial charge >= 0.3 is 0 Å². The van der Waals surface area contributed by atoms with E-state index in [9.17, 15) is 14.7 Å². The summed E-state index contributed by atoms with van der Waals surface area (Å²) in [5, 5.41) is 16.2. The fourth-order valence-corrected chi connectivity index (χ4v) is 5.52. The SMILES string of the molecule is O=C(CSc1ccccc1C(=O)NC1CCc2c(O)cccc21)NCC1CCCCC1. The number of nitrogens with one attached hydrogen (secondary N) is 2. The number of rotatable bonds is 7. The second-order valence-electron chi connectivity index (χ2n) is 8.50. The van der Waals surface area contributed by atoms with Crippen molar-refractivity contribution in [3.05, 3.63) is 59.2 Å². The molecule has 0 spiro atoms. The summed E-state index contributed by atoms with van der Waals surface area (Å²) in [7, 11) is 0. The van der Waals surface area contributed by atoms with Gasteiger partial charge in [-0.05, 0) is 60.9 Å². The summed E-state index contributed by atoms with van der Waals surface area (Å²) in [6.45, 7) is 0.759. The summed E-state index contributed by atoms with van der Waals surface area (Å²) in [4.78, 5) is 26.1. The largest absolute Gasteiger partial charge is 0.508 e. The number of fused-ring (bicyclic) bond motifs is 1. The van der Waals surface area contributed by atoms with Gasteiger partial charge in [0.15, 0.2) is 0 Å². The number of hydrogen-bond donors (Lipinski definition) is 3. The lowest BCUT2D eigenvalue weighted by Crippen LogP contribution is -2.31. The van der Waals surface area contributed by atoms with Crippen LogP contribution in [0.2, 0.25) is 0 Å². The van der Waals surface area contributed by atoms with Gasteiger partial charge in [-0.2, -0.15) is 0 Å². The third-order valence-corrected chi connectivity index (χ3v) is 7.43. The van der Waals surface area contributed by atoms with Gasteiger partial charge in [-0.25, -0.2) is 0 Å². The molecule has 164 valence electrons. The van der Waals surface area contributed by atoms with Crippen molar-refractivity contribution in [3.8, 4) is 5.75 Å². The Morgan fingerprint density at radius 2 is 1.81 bits per heavy atom. The summed E-state index contributed by atoms with van der Waals surface area (Å²) in [6.07, 6.45) is 7.79. The Hall–Kier alpha value is -2.47. The van der Waals surface area contributed by atoms with Crippen LogP contribution < -0.4 is 10.6 Å². The first-order valence-corrected chi connectivity index (χ1v) is 12.2. The molecule has 5 nitrogen and oxygen atoms in total. The highest BCUT2D eigenvalue weighted by molar-refractivity contribution is 8.00. The van der Waals surface area contributed by atoms with Crippen LogP contribution in [0.1, 0.15) is 66.1 Å². The van der Waals surface area contributed by atoms with E-state index in [-0.39, 0.29) is 17.9 Å². The number of thioether (sulfide) groups is 1. The molecule has 0 radical (unpaired) electrons. The number of benzene rings is 2. The Labute approximate surface area is 188 Å². The molecule has 1 saturated carbocycles. The minimum atomic E-state index is -0.146. The molecule has 1 atom stereocenters. The molecule has 2 amide bonds. The third-order valence-electron chi connectivity index (χ3n) is 6.35. The maximum atomic E-state index is 13.0. The average Bonchev–Trinajstić information content (AvgIpc) is 3.21. The molecule has 2 aliphatic rings. The lowest BCUT2D eigenvalue weighted by Gasteiger charge is -2.21. The van der Waals surface area contributed by atoms with Crippen molar-refractivity contribution in [2.45, 2.75) is 55.9 Å². The molecule has 1 unspecified atom stereocenters. The van der Waals surface area contributed by atoms with Gasteiger partial charge in [-0.15, -0.1) is 11.8 Å². The molecule has 31 heavy (non-hydrogen) atoms. The zero-order valence-corrected chi connectivity index (χ0v) is 18.5. The molecule has 6 heteroatoms. The molecule has 3 N–H and O–H groups in total. The van der Waals surface area contributed by atoms with Crippen molar-refractivity contribution in [2.24, 2.45) is 5.92 Å². The van der Waals surface area contributed by atoms with Gasteiger partial charge in [-0.3, -0.25) is 9.59 Å². The highest BCUT2D eigenvalue weighted by Gasteiger charge is 2.27. The van der Waals surface area contributed by atoms with E-state index in [0.717, 1.165) is 35.4 Å². The minimum absolute atomic E-state index is 0.0194. The Morgan fingerprint density at radius 1 is 1.00 bits per heavy atom. The second-order valence-corrected chi connectivity index (χ2v) is 9.52. The zero-order valence-electron chi connectivity index (χ0n) is 17.7. The van der Waals surface area contributed by atoms with E-state index in [1.54, 1.807) is 12.1 Å². The van der Waals surface area contributed by atoms with E-state index in [1.165, 1.54) is 43.9 Å². The van der Waals surface area contributed by atoms with E-state index in [2.05, 4.69) is 10.6 Å². The van der Waals surface area contributed by atoms with Crippen molar-refractivity contribution in [3.63, 3.8) is 0 Å². The molecule has 0 aromatic heterocycles. The molecule has 2 aliphatic carbocycles. The number of phenolic OH excluding ortho intramolecular Hbond substituents is 1. The summed E-state index contributed by atoms with van der Waals surface area (Å²) < 4.78 is 0. The number of carbonyl (C=O) groups excluding carboxylic acids is 2. The molecule has 0 bridgehead atoms. The van der Waals surface area contributed by atoms with Crippen LogP contribution in [0.5, 0.6) is 5.75 Å². The number of hydrogen-bond acceptors (Lipinski definition) is 4. The predicted octanol–water partition coefficient (Wildman–Crippen LogP) is 4.60. The van der Waals surface area contributed by atoms with Crippen molar-refractivity contribution in [2.75, 3.05) is 12.3 Å². The first-order valence-electron chi connectivity index (χ1n) is 11.2. The topological polar surface area (TPSA) is 78.4 Å². The van der Waals surface area contributed by atoms with E-state index in [1.807, 2.05) is 30.3 Å². The summed E-state index contributed by atoms with van der Waals surface area (Å²) >= 11 is 1.40. The van der Waals surface area contributed by atoms with Gasteiger partial charge in [0.1, 0.15) is 5.75 Å². The second kappa shape index (κ2) is 10.2. The summed E-state index contributed by atoms with van der Waals surface area (Å²) in [5.74, 6) is 1.08. The first kappa shape index (κ1) is 21.8. The molecule has 1 fully saturated rings. The molecule has 0 aliphatic heterocycles. The lowest BCUT2D eigenvalue weighted by atomic mass is 9.89. The molecule has 0 saturated heterocycles. The van der Waals surface area contributed by atoms with Crippen molar-refractivity contribution in [1.29, 1.82) is 0 Å². The van der Waals surface area contributed by atoms with Crippen molar-refractivity contribution < 1.29 is 14.7 Å². The molecular weight excluding hydrogens is 408 g/mol. The quantitative estimate of drug-likeness (QED) is 0.552. The van der Waals surface area contributed by atoms with Crippen LogP contribution in [0.4, 0.5) is 0 Å². The van der Waals surface area contributed by atoms with Crippen LogP contribution in [-0.2, 0) is 11.2 Å². The standard InChI is InChI=1S/C25H30N2O3S/c28-22-11-6-10-18-19(22)13-14-21(18)27-25(30)20-9-4-5-12-23(20)31-16-24(29)26-15-17-7-2-1-3-8-17/h4-6,9-12,17,21,28H,1-3,7-8,13-16H2,(H,26,29)(H,27,30). The van der Waals surface area contributed by atoms with Gasteiger partial charge in [0.2, 0.25) is 5.91 Å². The van der Waals surface area contributed by atoms with E-state index in [0.29, 0.717) is 23.0 Å². The highest BCUT2D eigenvalue weighted by atomic mass is 32.2. The highest BCUT2D eigenvalue weighted by Crippen LogP contribution is 2.36. The Balaban J connectivity index is 1.33. The number of amides is 2. The van der Waals surface area contributed by atoms with Gasteiger partial charge in [0, 0.05) is 11.4 Å². The fraction of sp³-hybridized carbons (Fsp3) is 0.440. The third kappa shape index (κ3) is 5.42. The number of aromatic hydroxyl groups is 1. The normalized spacial score (nSPS) is 18.4. The van der Waals surface area contributed by atoms with E-state index >= 15 is 0 Å². The Morgan fingerprint density at radius 3 is 2.65 bits per heavy atom. The van der Waals surface area contributed by atoms with Crippen LogP contribution in [0, 0.1) is 5.92 Å². The molecule has 0 heterocycles. The maximum Gasteiger partial charge on any atom is 0.252 e. The Bertz CT molecular complexity index is 940. The average molecular weight is 439 g/mol. The molecule has 2 aromatic carbocycles. The van der Waals surface area contributed by atoms with Crippen LogP contribution in [-0.4, -0.2) is 29.2 Å². The Kier molecular flexibility index (Phi) is 7.17. The summed E-state index contributed by atoms with van der Waals surface area (Å²) in [5.41, 5.74) is 2.49. The van der Waals surface area contributed by atoms with Crippen LogP contribution >= 0.6 is 11.8 Å². The lowest BCUT2D eigenvalue weighted by molar-refractivity contribution is -0.118. The molecule has 4 rings (SSSR count). The van der Waals surface area contributed by atoms with Gasteiger partial charge in [0.25, 0.3) is 5.91 Å². The summed E-state index contributed by atoms with van der Waals surface area (Å²) in [6, 6.07) is 12.8. The van der Waals surface area contributed by atoms with Gasteiger partial charge in [0.05, 0.1) is 17.4 Å². The van der Waals surface area contributed by atoms with Crippen LogP contribution in [0.15, 0.2) is 47.4 Å². The number of carbonyl (C=O) groups is 2. The smallest absolute Gasteiger partial charge is 0.252 e. The van der Waals surface area contributed by atoms with E-state index < -0.39 is 0 Å². The molecular formula is C25H30N2O3S. The van der Waals surface area contributed by atoms with E-state index in [4.69, 9.17) is 0 Å². The first-order chi connectivity index (χ1) is 15.1. The minimum Gasteiger partial charge on any atom is -0.508 e. The fourth-order valence-electron chi connectivity index (χ4n) is 4.64. The van der Waals surface area contributed by atoms with Crippen LogP contribution in [0.25, 0.3) is 0 Å². The van der Waals surface area contributed by atoms with Gasteiger partial charge < -0.3 is 15.7 Å². The monoisotopic (exact) mass is 438 g/mol. The maximum absolute atomic E-state index is 13.0. The van der Waals surface area contributed by atoms with Gasteiger partial charge in [-0.1, -0.05) is 43.5 Å². The number of phenols is 1. The van der Waals surface area contributed by atoms with Crippen molar-refractivity contribution in [1.82, 2.24) is 10.6 Å². The molecule has 2 aromatic rings. The van der Waals surface area contributed by atoms with Crippen LogP contribution in [0.3, 0.4) is 0 Å². The predicted molar refractivity (Wildman–Crippen MR) is 123 cm³/mol.